The van der Waals surface area contributed by atoms with Crippen LogP contribution in [0, 0.1) is 28.6 Å². The van der Waals surface area contributed by atoms with E-state index >= 15 is 0 Å². The van der Waals surface area contributed by atoms with E-state index in [-0.39, 0.29) is 0 Å². The summed E-state index contributed by atoms with van der Waals surface area (Å²) < 4.78 is 0. The summed E-state index contributed by atoms with van der Waals surface area (Å²) in [7, 11) is 0. The van der Waals surface area contributed by atoms with Gasteiger partial charge in [0.15, 0.2) is 0 Å². The maximum absolute atomic E-state index is 4.51. The topological polar surface area (TPSA) is 0 Å². The fraction of sp³-hybridized carbons (Fsp3) is 0.956. The average molecular weight is 627 g/mol. The Balaban J connectivity index is 1.99. The van der Waals surface area contributed by atoms with E-state index in [0.717, 1.165) is 17.8 Å². The van der Waals surface area contributed by atoms with Crippen molar-refractivity contribution in [1.82, 2.24) is 0 Å². The number of hydrogen-bond donors (Lipinski definition) is 0. The lowest BCUT2D eigenvalue weighted by Crippen LogP contribution is -2.32. The van der Waals surface area contributed by atoms with E-state index in [1.54, 1.807) is 0 Å². The summed E-state index contributed by atoms with van der Waals surface area (Å²) in [5.41, 5.74) is 0.990. The van der Waals surface area contributed by atoms with Crippen LogP contribution in [-0.2, 0) is 0 Å². The van der Waals surface area contributed by atoms with Gasteiger partial charge in [0.2, 0.25) is 0 Å². The van der Waals surface area contributed by atoms with Gasteiger partial charge in [-0.25, -0.2) is 0 Å². The molecule has 0 radical (unpaired) electrons. The first-order valence-corrected chi connectivity index (χ1v) is 21.7. The van der Waals surface area contributed by atoms with E-state index < -0.39 is 0 Å². The molecule has 266 valence electrons. The van der Waals surface area contributed by atoms with Crippen molar-refractivity contribution in [1.29, 1.82) is 0 Å². The van der Waals surface area contributed by atoms with Gasteiger partial charge in [-0.3, -0.25) is 0 Å². The van der Waals surface area contributed by atoms with E-state index in [2.05, 4.69) is 40.3 Å². The second kappa shape index (κ2) is 25.7. The van der Waals surface area contributed by atoms with Gasteiger partial charge in [-0.15, -0.1) is 6.58 Å². The molecule has 0 aromatic heterocycles. The van der Waals surface area contributed by atoms with E-state index in [1.165, 1.54) is 218 Å². The molecule has 0 spiro atoms. The Morgan fingerprint density at radius 1 is 0.467 bits per heavy atom. The molecule has 0 heterocycles. The van der Waals surface area contributed by atoms with Gasteiger partial charge in [0.25, 0.3) is 0 Å². The van der Waals surface area contributed by atoms with E-state index in [0.29, 0.717) is 10.8 Å². The van der Waals surface area contributed by atoms with Crippen LogP contribution in [0.25, 0.3) is 0 Å². The summed E-state index contributed by atoms with van der Waals surface area (Å²) in [6, 6.07) is 0. The summed E-state index contributed by atoms with van der Waals surface area (Å²) in [5.74, 6) is 2.81. The number of hydrogen-bond acceptors (Lipinski definition) is 0. The predicted octanol–water partition coefficient (Wildman–Crippen LogP) is 16.4. The molecule has 2 fully saturated rings. The molecule has 0 bridgehead atoms. The maximum Gasteiger partial charge on any atom is -0.00953 e. The van der Waals surface area contributed by atoms with Gasteiger partial charge in [0.05, 0.1) is 0 Å². The van der Waals surface area contributed by atoms with Gasteiger partial charge < -0.3 is 0 Å². The van der Waals surface area contributed by atoms with Gasteiger partial charge in [0, 0.05) is 0 Å². The van der Waals surface area contributed by atoms with E-state index in [4.69, 9.17) is 0 Å². The Morgan fingerprint density at radius 3 is 1.33 bits per heavy atom. The molecular formula is C45H86. The monoisotopic (exact) mass is 627 g/mol. The summed E-state index contributed by atoms with van der Waals surface area (Å²) >= 11 is 0. The van der Waals surface area contributed by atoms with Crippen LogP contribution >= 0.6 is 0 Å². The molecule has 0 aromatic rings. The fourth-order valence-electron chi connectivity index (χ4n) is 10.4. The summed E-state index contributed by atoms with van der Waals surface area (Å²) in [6.45, 7) is 14.5. The van der Waals surface area contributed by atoms with Gasteiger partial charge >= 0.3 is 0 Å². The van der Waals surface area contributed by atoms with Crippen molar-refractivity contribution in [3.05, 3.63) is 12.7 Å². The second-order valence-corrected chi connectivity index (χ2v) is 16.6. The lowest BCUT2D eigenvalue weighted by molar-refractivity contribution is 0.0752. The zero-order valence-electron chi connectivity index (χ0n) is 32.1. The molecule has 0 amide bonds. The van der Waals surface area contributed by atoms with Crippen LogP contribution in [0.15, 0.2) is 12.7 Å². The Kier molecular flexibility index (Phi) is 23.4. The largest absolute Gasteiger partial charge is 0.103 e. The summed E-state index contributed by atoms with van der Waals surface area (Å²) in [4.78, 5) is 0. The third-order valence-electron chi connectivity index (χ3n) is 13.8. The minimum atomic E-state index is 0.388. The first-order chi connectivity index (χ1) is 22.1. The molecule has 3 unspecified atom stereocenters. The number of allylic oxidation sites excluding steroid dienone is 1. The Hall–Kier alpha value is -0.260. The van der Waals surface area contributed by atoms with Crippen molar-refractivity contribution in [2.24, 2.45) is 28.6 Å². The third kappa shape index (κ3) is 15.7. The minimum Gasteiger partial charge on any atom is -0.103 e. The SMILES string of the molecule is C=CC(CC)(CCCCCCCCCC)C1CCCCCCC(CC(CC)(CC)C2CCCCCCCCCCC2)CCCC1. The molecule has 0 N–H and O–H groups in total. The van der Waals surface area contributed by atoms with Crippen molar-refractivity contribution in [2.75, 3.05) is 0 Å². The van der Waals surface area contributed by atoms with Crippen LogP contribution in [0.3, 0.4) is 0 Å². The number of rotatable bonds is 17. The van der Waals surface area contributed by atoms with Crippen LogP contribution < -0.4 is 0 Å². The molecule has 45 heavy (non-hydrogen) atoms. The van der Waals surface area contributed by atoms with Crippen LogP contribution in [-0.4, -0.2) is 0 Å². The normalized spacial score (nSPS) is 24.4. The Bertz CT molecular complexity index is 660. The molecule has 0 aromatic carbocycles. The lowest BCUT2D eigenvalue weighted by Gasteiger charge is -2.43. The standard InChI is InChI=1S/C45H86/c1-6-11-12-13-14-20-25-32-39-44(7-2,8-3)42-35-29-24-23-26-33-41(34-30-31-38-42)40-45(9-4,10-5)43-36-27-21-18-16-15-17-19-22-28-37-43/h7,41-43H,2,6,8-40H2,1,3-5H3. The van der Waals surface area contributed by atoms with Gasteiger partial charge in [-0.2, -0.15) is 0 Å². The molecule has 3 atom stereocenters. The van der Waals surface area contributed by atoms with Crippen LogP contribution in [0.5, 0.6) is 0 Å². The molecule has 0 aliphatic heterocycles. The highest BCUT2D eigenvalue weighted by molar-refractivity contribution is 4.99. The van der Waals surface area contributed by atoms with Gasteiger partial charge in [-0.1, -0.05) is 207 Å². The van der Waals surface area contributed by atoms with Crippen molar-refractivity contribution < 1.29 is 0 Å². The highest BCUT2D eigenvalue weighted by Gasteiger charge is 2.37. The molecule has 2 aliphatic carbocycles. The maximum atomic E-state index is 4.51. The van der Waals surface area contributed by atoms with Gasteiger partial charge in [-0.05, 0) is 73.5 Å². The fourth-order valence-corrected chi connectivity index (χ4v) is 10.4. The highest BCUT2D eigenvalue weighted by Crippen LogP contribution is 2.49. The highest BCUT2D eigenvalue weighted by atomic mass is 14.4. The minimum absolute atomic E-state index is 0.388. The summed E-state index contributed by atoms with van der Waals surface area (Å²) in [5, 5.41) is 0. The Labute approximate surface area is 286 Å². The molecule has 2 saturated carbocycles. The zero-order valence-corrected chi connectivity index (χ0v) is 32.1. The molecule has 2 rings (SSSR count). The Morgan fingerprint density at radius 2 is 0.867 bits per heavy atom. The van der Waals surface area contributed by atoms with Crippen LogP contribution in [0.1, 0.15) is 246 Å². The third-order valence-corrected chi connectivity index (χ3v) is 13.8. The van der Waals surface area contributed by atoms with Crippen LogP contribution in [0.4, 0.5) is 0 Å². The molecule has 0 nitrogen and oxygen atoms in total. The summed E-state index contributed by atoms with van der Waals surface area (Å²) in [6.07, 6.45) is 52.2. The van der Waals surface area contributed by atoms with Crippen molar-refractivity contribution in [3.8, 4) is 0 Å². The zero-order chi connectivity index (χ0) is 32.5. The van der Waals surface area contributed by atoms with E-state index in [9.17, 15) is 0 Å². The quantitative estimate of drug-likeness (QED) is 0.111. The number of unbranched alkanes of at least 4 members (excludes halogenated alkanes) is 7. The lowest BCUT2D eigenvalue weighted by atomic mass is 9.62. The smallest absolute Gasteiger partial charge is 0.00953 e. The van der Waals surface area contributed by atoms with Crippen molar-refractivity contribution in [3.63, 3.8) is 0 Å². The van der Waals surface area contributed by atoms with Crippen LogP contribution in [0.2, 0.25) is 0 Å². The van der Waals surface area contributed by atoms with Crippen molar-refractivity contribution >= 4 is 0 Å². The average Bonchev–Trinajstić information content (AvgIpc) is 3.05. The molecule has 0 heteroatoms. The van der Waals surface area contributed by atoms with Crippen molar-refractivity contribution in [2.45, 2.75) is 246 Å². The molecular weight excluding hydrogens is 540 g/mol. The van der Waals surface area contributed by atoms with E-state index in [1.807, 2.05) is 0 Å². The first-order valence-electron chi connectivity index (χ1n) is 21.7. The van der Waals surface area contributed by atoms with Gasteiger partial charge in [0.1, 0.15) is 0 Å². The second-order valence-electron chi connectivity index (χ2n) is 16.6. The molecule has 2 aliphatic rings. The molecule has 0 saturated heterocycles. The predicted molar refractivity (Wildman–Crippen MR) is 205 cm³/mol. The first kappa shape index (κ1) is 40.9.